The van der Waals surface area contributed by atoms with Crippen LogP contribution >= 0.6 is 0 Å². The number of carbonyl (C=O) groups is 1. The van der Waals surface area contributed by atoms with Gasteiger partial charge in [0.05, 0.1) is 0 Å². The van der Waals surface area contributed by atoms with Crippen LogP contribution < -0.4 is 22.3 Å². The minimum atomic E-state index is -6.73. The van der Waals surface area contributed by atoms with Gasteiger partial charge in [-0.25, -0.2) is 4.79 Å². The fourth-order valence-electron chi connectivity index (χ4n) is 1.49. The lowest BCUT2D eigenvalue weighted by Crippen LogP contribution is -2.58. The van der Waals surface area contributed by atoms with E-state index in [1.54, 1.807) is 0 Å². The number of nitrogens with one attached hydrogen (secondary N) is 1. The van der Waals surface area contributed by atoms with E-state index in [2.05, 4.69) is 0 Å². The molecule has 0 aliphatic carbocycles. The van der Waals surface area contributed by atoms with E-state index in [-0.39, 0.29) is 4.57 Å². The lowest BCUT2D eigenvalue weighted by molar-refractivity contribution is -0.343. The zero-order valence-corrected chi connectivity index (χ0v) is 11.8. The van der Waals surface area contributed by atoms with Gasteiger partial charge in [-0.2, -0.15) is 30.7 Å². The molecule has 14 heteroatoms. The highest BCUT2D eigenvalue weighted by Gasteiger charge is 2.76. The van der Waals surface area contributed by atoms with Crippen LogP contribution in [-0.2, 0) is 18.9 Å². The normalized spacial score (nSPS) is 13.0. The number of hydrogen-bond acceptors (Lipinski definition) is 4. The van der Waals surface area contributed by atoms with Gasteiger partial charge >= 0.3 is 29.6 Å². The standard InChI is InChI=1S/C10H9F7N4O3/c1-20-4(18)3(5(22)21(2)7(20)24)19-6(23)8(11,12)9(13,14)10(15,16)17/h18H2,1-2H3,(H,19,23). The molecular weight excluding hydrogens is 357 g/mol. The second-order valence-corrected chi connectivity index (χ2v) is 4.57. The van der Waals surface area contributed by atoms with E-state index in [0.29, 0.717) is 4.57 Å². The van der Waals surface area contributed by atoms with Crippen LogP contribution in [0.4, 0.5) is 42.2 Å². The molecular formula is C10H9F7N4O3. The van der Waals surface area contributed by atoms with Crippen molar-refractivity contribution < 1.29 is 35.5 Å². The van der Waals surface area contributed by atoms with Gasteiger partial charge in [-0.1, -0.05) is 0 Å². The Kier molecular flexibility index (Phi) is 4.49. The smallest absolute Gasteiger partial charge is 0.383 e. The number of alkyl halides is 7. The zero-order valence-electron chi connectivity index (χ0n) is 11.8. The summed E-state index contributed by atoms with van der Waals surface area (Å²) < 4.78 is 88.8. The molecule has 1 heterocycles. The second-order valence-electron chi connectivity index (χ2n) is 4.57. The molecule has 0 aromatic carbocycles. The van der Waals surface area contributed by atoms with Crippen LogP contribution in [0.15, 0.2) is 9.59 Å². The summed E-state index contributed by atoms with van der Waals surface area (Å²) in [5.74, 6) is -17.0. The van der Waals surface area contributed by atoms with Crippen molar-refractivity contribution >= 4 is 17.4 Å². The Morgan fingerprint density at radius 3 is 1.88 bits per heavy atom. The van der Waals surface area contributed by atoms with E-state index >= 15 is 0 Å². The van der Waals surface area contributed by atoms with E-state index < -0.39 is 46.7 Å². The Balaban J connectivity index is 3.41. The molecule has 0 saturated heterocycles. The average Bonchev–Trinajstić information content (AvgIpc) is 2.45. The SMILES string of the molecule is Cn1c(N)c(NC(=O)C(F)(F)C(F)(F)C(F)(F)F)c(=O)n(C)c1=O. The van der Waals surface area contributed by atoms with E-state index in [9.17, 15) is 45.1 Å². The van der Waals surface area contributed by atoms with E-state index in [0.717, 1.165) is 19.4 Å². The van der Waals surface area contributed by atoms with Gasteiger partial charge in [-0.05, 0) is 0 Å². The van der Waals surface area contributed by atoms with Crippen LogP contribution in [0.2, 0.25) is 0 Å². The molecule has 0 fully saturated rings. The maximum Gasteiger partial charge on any atom is 0.460 e. The predicted octanol–water partition coefficient (Wildman–Crippen LogP) is 0.438. The van der Waals surface area contributed by atoms with Gasteiger partial charge in [0, 0.05) is 14.1 Å². The van der Waals surface area contributed by atoms with Gasteiger partial charge in [0.1, 0.15) is 11.5 Å². The first-order valence-electron chi connectivity index (χ1n) is 5.76. The quantitative estimate of drug-likeness (QED) is 0.759. The summed E-state index contributed by atoms with van der Waals surface area (Å²) in [6, 6.07) is 0. The molecule has 0 aliphatic rings. The summed E-state index contributed by atoms with van der Waals surface area (Å²) in [5.41, 5.74) is 1.44. The Hall–Kier alpha value is -2.54. The first-order chi connectivity index (χ1) is 10.6. The van der Waals surface area contributed by atoms with Crippen molar-refractivity contribution in [3.05, 3.63) is 20.8 Å². The molecule has 3 N–H and O–H groups in total. The summed E-state index contributed by atoms with van der Waals surface area (Å²) in [4.78, 5) is 34.3. The summed E-state index contributed by atoms with van der Waals surface area (Å²) >= 11 is 0. The summed E-state index contributed by atoms with van der Waals surface area (Å²) in [5, 5.41) is 0.919. The molecule has 0 atom stereocenters. The number of aromatic nitrogens is 2. The molecule has 0 unspecified atom stereocenters. The van der Waals surface area contributed by atoms with Crippen LogP contribution in [0.5, 0.6) is 0 Å². The number of nitrogens with zero attached hydrogens (tertiary/aromatic N) is 2. The fraction of sp³-hybridized carbons (Fsp3) is 0.500. The number of rotatable bonds is 3. The molecule has 7 nitrogen and oxygen atoms in total. The third-order valence-corrected chi connectivity index (χ3v) is 2.98. The Morgan fingerprint density at radius 1 is 1.00 bits per heavy atom. The van der Waals surface area contributed by atoms with Crippen LogP contribution in [0, 0.1) is 0 Å². The van der Waals surface area contributed by atoms with E-state index in [1.807, 2.05) is 0 Å². The van der Waals surface area contributed by atoms with Crippen molar-refractivity contribution in [2.45, 2.75) is 18.0 Å². The largest absolute Gasteiger partial charge is 0.460 e. The van der Waals surface area contributed by atoms with Gasteiger partial charge in [0.25, 0.3) is 5.56 Å². The second kappa shape index (κ2) is 5.52. The summed E-state index contributed by atoms with van der Waals surface area (Å²) in [6.07, 6.45) is -6.73. The van der Waals surface area contributed by atoms with Crippen molar-refractivity contribution in [3.8, 4) is 0 Å². The minimum absolute atomic E-state index is 0.270. The van der Waals surface area contributed by atoms with Crippen LogP contribution in [-0.4, -0.2) is 33.1 Å². The lowest BCUT2D eigenvalue weighted by Gasteiger charge is -2.27. The zero-order chi connectivity index (χ0) is 19.2. The first-order valence-corrected chi connectivity index (χ1v) is 5.76. The minimum Gasteiger partial charge on any atom is -0.383 e. The topological polar surface area (TPSA) is 99.1 Å². The predicted molar refractivity (Wildman–Crippen MR) is 65.9 cm³/mol. The van der Waals surface area contributed by atoms with E-state index in [1.165, 1.54) is 0 Å². The first kappa shape index (κ1) is 19.5. The number of halogens is 7. The van der Waals surface area contributed by atoms with Crippen molar-refractivity contribution in [2.24, 2.45) is 14.1 Å². The Morgan fingerprint density at radius 2 is 1.46 bits per heavy atom. The molecule has 0 aliphatic heterocycles. The molecule has 136 valence electrons. The van der Waals surface area contributed by atoms with Crippen LogP contribution in [0.3, 0.4) is 0 Å². The molecule has 1 aromatic rings. The highest BCUT2D eigenvalue weighted by atomic mass is 19.4. The van der Waals surface area contributed by atoms with Crippen molar-refractivity contribution in [1.82, 2.24) is 9.13 Å². The monoisotopic (exact) mass is 366 g/mol. The van der Waals surface area contributed by atoms with Crippen LogP contribution in [0.25, 0.3) is 0 Å². The third kappa shape index (κ3) is 2.71. The highest BCUT2D eigenvalue weighted by Crippen LogP contribution is 2.46. The van der Waals surface area contributed by atoms with Gasteiger partial charge in [-0.15, -0.1) is 0 Å². The molecule has 0 bridgehead atoms. The number of hydrogen-bond donors (Lipinski definition) is 2. The van der Waals surface area contributed by atoms with Crippen molar-refractivity contribution in [1.29, 1.82) is 0 Å². The molecule has 0 spiro atoms. The van der Waals surface area contributed by atoms with Crippen molar-refractivity contribution in [3.63, 3.8) is 0 Å². The van der Waals surface area contributed by atoms with E-state index in [4.69, 9.17) is 5.73 Å². The van der Waals surface area contributed by atoms with Gasteiger partial charge in [-0.3, -0.25) is 18.7 Å². The number of anilines is 2. The molecule has 24 heavy (non-hydrogen) atoms. The molecule has 1 rings (SSSR count). The fourth-order valence-corrected chi connectivity index (χ4v) is 1.49. The molecule has 1 aromatic heterocycles. The maximum absolute atomic E-state index is 13.2. The Labute approximate surface area is 127 Å². The maximum atomic E-state index is 13.2. The van der Waals surface area contributed by atoms with Crippen LogP contribution in [0.1, 0.15) is 0 Å². The average molecular weight is 366 g/mol. The van der Waals surface area contributed by atoms with Gasteiger partial charge < -0.3 is 11.1 Å². The number of amides is 1. The lowest BCUT2D eigenvalue weighted by atomic mass is 10.1. The number of nitrogen functional groups attached to an aromatic ring is 1. The summed E-state index contributed by atoms with van der Waals surface area (Å²) in [7, 11) is 1.78. The number of carbonyl (C=O) groups excluding carboxylic acids is 1. The number of nitrogens with two attached hydrogens (primary N) is 1. The highest BCUT2D eigenvalue weighted by molar-refractivity contribution is 5.98. The third-order valence-electron chi connectivity index (χ3n) is 2.98. The molecule has 0 saturated carbocycles. The Bertz CT molecular complexity index is 793. The molecule has 0 radical (unpaired) electrons. The van der Waals surface area contributed by atoms with Gasteiger partial charge in [0.2, 0.25) is 0 Å². The van der Waals surface area contributed by atoms with Crippen molar-refractivity contribution in [2.75, 3.05) is 11.1 Å². The van der Waals surface area contributed by atoms with Gasteiger partial charge in [0.15, 0.2) is 0 Å². The summed E-state index contributed by atoms with van der Waals surface area (Å²) in [6.45, 7) is 0. The molecule has 1 amide bonds.